The highest BCUT2D eigenvalue weighted by atomic mass is 14.1. The van der Waals surface area contributed by atoms with Crippen molar-refractivity contribution in [3.63, 3.8) is 0 Å². The first kappa shape index (κ1) is 51.7. The Morgan fingerprint density at radius 3 is 0.575 bits per heavy atom. The van der Waals surface area contributed by atoms with E-state index in [0.717, 1.165) is 0 Å². The SMILES string of the molecule is C1=Cc2cccc3cccc1c23.c1ccc2c(c1)ccc1ccccc12.c1ccc2c(c1)ccc1ccccc12.c1ccc2cc3ccccc3cc2c1.c1ccc2ccccc2c1.c1ccc2ccccc2c1.c1ccccc1. The molecule has 0 heterocycles. The van der Waals surface area contributed by atoms with E-state index in [4.69, 9.17) is 0 Å². The zero-order chi connectivity index (χ0) is 54.0. The van der Waals surface area contributed by atoms with Gasteiger partial charge in [0, 0.05) is 0 Å². The summed E-state index contributed by atoms with van der Waals surface area (Å²) in [5.41, 5.74) is 2.70. The molecular formula is C80H60. The predicted octanol–water partition coefficient (Wildman–Crippen LogP) is 22.7. The van der Waals surface area contributed by atoms with Gasteiger partial charge in [0.25, 0.3) is 0 Å². The molecule has 0 saturated heterocycles. The van der Waals surface area contributed by atoms with Gasteiger partial charge in [-0.15, -0.1) is 0 Å². The molecule has 380 valence electrons. The van der Waals surface area contributed by atoms with Crippen molar-refractivity contribution >= 4 is 109 Å². The molecule has 16 aromatic rings. The molecule has 0 aliphatic heterocycles. The topological polar surface area (TPSA) is 0 Å². The Bertz CT molecular complexity index is 4050. The predicted molar refractivity (Wildman–Crippen MR) is 352 cm³/mol. The maximum Gasteiger partial charge on any atom is -0.00389 e. The summed E-state index contributed by atoms with van der Waals surface area (Å²) in [5, 5.41) is 23.8. The molecule has 0 nitrogen and oxygen atoms in total. The van der Waals surface area contributed by atoms with E-state index in [1.807, 2.05) is 36.4 Å². The van der Waals surface area contributed by atoms with Crippen LogP contribution in [0.5, 0.6) is 0 Å². The van der Waals surface area contributed by atoms with E-state index in [1.54, 1.807) is 0 Å². The Morgan fingerprint density at radius 1 is 0.125 bits per heavy atom. The van der Waals surface area contributed by atoms with Crippen LogP contribution in [0, 0.1) is 0 Å². The van der Waals surface area contributed by atoms with Crippen LogP contribution in [0.2, 0.25) is 0 Å². The lowest BCUT2D eigenvalue weighted by Crippen LogP contribution is -1.76. The minimum atomic E-state index is 1.31. The molecule has 1 aliphatic carbocycles. The number of fused-ring (bicyclic) bond motifs is 10. The fourth-order valence-corrected chi connectivity index (χ4v) is 10.3. The van der Waals surface area contributed by atoms with Crippen LogP contribution < -0.4 is 0 Å². The van der Waals surface area contributed by atoms with Crippen molar-refractivity contribution < 1.29 is 0 Å². The van der Waals surface area contributed by atoms with Gasteiger partial charge in [-0.05, 0) is 120 Å². The molecule has 16 aromatic carbocycles. The van der Waals surface area contributed by atoms with Crippen molar-refractivity contribution in [2.24, 2.45) is 0 Å². The summed E-state index contributed by atoms with van der Waals surface area (Å²) in [5.74, 6) is 0. The Balaban J connectivity index is 0.0000000996. The number of hydrogen-bond acceptors (Lipinski definition) is 0. The van der Waals surface area contributed by atoms with E-state index >= 15 is 0 Å². The van der Waals surface area contributed by atoms with Gasteiger partial charge in [-0.3, -0.25) is 0 Å². The van der Waals surface area contributed by atoms with Gasteiger partial charge >= 0.3 is 0 Å². The van der Waals surface area contributed by atoms with E-state index in [9.17, 15) is 0 Å². The van der Waals surface area contributed by atoms with Crippen LogP contribution in [-0.4, -0.2) is 0 Å². The monoisotopic (exact) mass is 1020 g/mol. The maximum atomic E-state index is 2.24. The lowest BCUT2D eigenvalue weighted by Gasteiger charge is -2.02. The first-order valence-electron chi connectivity index (χ1n) is 27.4. The van der Waals surface area contributed by atoms with Gasteiger partial charge in [-0.1, -0.05) is 352 Å². The molecule has 17 rings (SSSR count). The fourth-order valence-electron chi connectivity index (χ4n) is 10.3. The van der Waals surface area contributed by atoms with Crippen LogP contribution in [-0.2, 0) is 0 Å². The van der Waals surface area contributed by atoms with Crippen LogP contribution in [0.1, 0.15) is 11.1 Å². The second kappa shape index (κ2) is 26.1. The molecule has 0 amide bonds. The van der Waals surface area contributed by atoms with Crippen LogP contribution in [0.3, 0.4) is 0 Å². The Kier molecular flexibility index (Phi) is 16.9. The molecule has 0 heteroatoms. The van der Waals surface area contributed by atoms with Gasteiger partial charge in [-0.2, -0.15) is 0 Å². The van der Waals surface area contributed by atoms with Crippen molar-refractivity contribution in [3.05, 3.63) is 363 Å². The molecule has 1 aliphatic rings. The Hall–Kier alpha value is -10.4. The highest BCUT2D eigenvalue weighted by molar-refractivity contribution is 6.09. The van der Waals surface area contributed by atoms with Crippen LogP contribution in [0.4, 0.5) is 0 Å². The van der Waals surface area contributed by atoms with E-state index in [2.05, 4.69) is 328 Å². The lowest BCUT2D eigenvalue weighted by atomic mass is 10.0. The van der Waals surface area contributed by atoms with Gasteiger partial charge in [0.05, 0.1) is 0 Å². The maximum absolute atomic E-state index is 2.24. The lowest BCUT2D eigenvalue weighted by molar-refractivity contribution is 1.72. The first-order valence-corrected chi connectivity index (χ1v) is 27.4. The molecule has 0 bridgehead atoms. The van der Waals surface area contributed by atoms with E-state index < -0.39 is 0 Å². The van der Waals surface area contributed by atoms with Crippen LogP contribution in [0.25, 0.3) is 109 Å². The molecule has 80 heavy (non-hydrogen) atoms. The average molecular weight is 1020 g/mol. The highest BCUT2D eigenvalue weighted by Gasteiger charge is 2.06. The third kappa shape index (κ3) is 12.9. The Morgan fingerprint density at radius 2 is 0.325 bits per heavy atom. The minimum absolute atomic E-state index is 1.31. The van der Waals surface area contributed by atoms with E-state index in [1.165, 1.54) is 108 Å². The largest absolute Gasteiger partial charge is 0.0623 e. The van der Waals surface area contributed by atoms with Gasteiger partial charge < -0.3 is 0 Å². The second-order valence-corrected chi connectivity index (χ2v) is 19.5. The third-order valence-electron chi connectivity index (χ3n) is 14.3. The molecule has 0 unspecified atom stereocenters. The summed E-state index contributed by atoms with van der Waals surface area (Å²) in [7, 11) is 0. The summed E-state index contributed by atoms with van der Waals surface area (Å²) in [4.78, 5) is 0. The molecule has 0 aromatic heterocycles. The van der Waals surface area contributed by atoms with Gasteiger partial charge in [-0.25, -0.2) is 0 Å². The Labute approximate surface area is 469 Å². The molecule has 0 atom stereocenters. The molecular weight excluding hydrogens is 961 g/mol. The van der Waals surface area contributed by atoms with Crippen molar-refractivity contribution in [3.8, 4) is 0 Å². The summed E-state index contributed by atoms with van der Waals surface area (Å²) in [6, 6.07) is 122. The molecule has 0 spiro atoms. The third-order valence-corrected chi connectivity index (χ3v) is 14.3. The molecule has 0 saturated carbocycles. The second-order valence-electron chi connectivity index (χ2n) is 19.5. The van der Waals surface area contributed by atoms with Crippen molar-refractivity contribution in [1.82, 2.24) is 0 Å². The molecule has 0 fully saturated rings. The smallest absolute Gasteiger partial charge is 0.00389 e. The zero-order valence-electron chi connectivity index (χ0n) is 44.6. The van der Waals surface area contributed by atoms with Crippen molar-refractivity contribution in [2.75, 3.05) is 0 Å². The van der Waals surface area contributed by atoms with Gasteiger partial charge in [0.15, 0.2) is 0 Å². The minimum Gasteiger partial charge on any atom is -0.0623 e. The van der Waals surface area contributed by atoms with E-state index in [-0.39, 0.29) is 0 Å². The molecule has 0 radical (unpaired) electrons. The number of rotatable bonds is 0. The van der Waals surface area contributed by atoms with E-state index in [0.29, 0.717) is 0 Å². The van der Waals surface area contributed by atoms with Gasteiger partial charge in [0.1, 0.15) is 0 Å². The normalized spacial score (nSPS) is 10.7. The summed E-state index contributed by atoms with van der Waals surface area (Å²) in [6.45, 7) is 0. The van der Waals surface area contributed by atoms with Crippen LogP contribution >= 0.6 is 0 Å². The highest BCUT2D eigenvalue weighted by Crippen LogP contribution is 2.31. The summed E-state index contributed by atoms with van der Waals surface area (Å²) in [6.07, 6.45) is 4.36. The van der Waals surface area contributed by atoms with Crippen LogP contribution in [0.15, 0.2) is 352 Å². The first-order chi connectivity index (χ1) is 39.7. The average Bonchev–Trinajstić information content (AvgIpc) is 4.01. The van der Waals surface area contributed by atoms with Gasteiger partial charge in [0.2, 0.25) is 0 Å². The standard InChI is InChI=1S/3C14H10.C12H8.2C10H8.C6H6/c2*1-3-7-13-11(5-1)9-10-12-6-2-4-8-14(12)13;1-2-6-12-10-14-8-4-3-7-13(14)9-11(12)5-1;1-3-9-4-2-6-11-8-7-10(5-1)12(9)11;2*1-2-6-10-8-4-3-7-9(10)5-1;1-2-4-6-5-3-1/h3*1-10H;1-8H;2*1-8H;1-6H. The fraction of sp³-hybridized carbons (Fsp3) is 0. The number of hydrogen-bond donors (Lipinski definition) is 0. The summed E-state index contributed by atoms with van der Waals surface area (Å²) < 4.78 is 0. The number of benzene rings is 16. The zero-order valence-corrected chi connectivity index (χ0v) is 44.6. The van der Waals surface area contributed by atoms with Crippen molar-refractivity contribution in [2.45, 2.75) is 0 Å². The van der Waals surface area contributed by atoms with Crippen molar-refractivity contribution in [1.29, 1.82) is 0 Å². The summed E-state index contributed by atoms with van der Waals surface area (Å²) >= 11 is 0. The quantitative estimate of drug-likeness (QED) is 0.105. The molecule has 0 N–H and O–H groups in total.